The number of thiazole rings is 3. The van der Waals surface area contributed by atoms with Crippen LogP contribution in [0.15, 0.2) is 123 Å². The second-order valence-electron chi connectivity index (χ2n) is 27.9. The minimum atomic E-state index is -0.932. The number of anilines is 2. The molecule has 3 saturated heterocycles. The number of benzene rings is 6. The van der Waals surface area contributed by atoms with E-state index in [1.165, 1.54) is 22.7 Å². The Balaban J connectivity index is 0.000000169. The van der Waals surface area contributed by atoms with Crippen molar-refractivity contribution in [3.8, 4) is 33.8 Å². The molecule has 6 aromatic carbocycles. The quantitative estimate of drug-likeness (QED) is 0.0471. The van der Waals surface area contributed by atoms with Crippen molar-refractivity contribution >= 4 is 174 Å². The summed E-state index contributed by atoms with van der Waals surface area (Å²) in [6, 6.07) is 32.0. The fourth-order valence-electron chi connectivity index (χ4n) is 13.3. The van der Waals surface area contributed by atoms with Gasteiger partial charge in [-0.2, -0.15) is 0 Å². The van der Waals surface area contributed by atoms with Gasteiger partial charge in [-0.3, -0.25) is 0 Å². The van der Waals surface area contributed by atoms with Gasteiger partial charge in [0.15, 0.2) is 14.7 Å². The Kier molecular flexibility index (Phi) is 33.5. The number of nitrogens with one attached hydrogen (secondary N) is 1. The van der Waals surface area contributed by atoms with Gasteiger partial charge >= 0.3 is 47.5 Å². The molecule has 3 aliphatic heterocycles. The van der Waals surface area contributed by atoms with Gasteiger partial charge in [0.1, 0.15) is 34.4 Å². The zero-order valence-corrected chi connectivity index (χ0v) is 74.5. The number of aromatic carboxylic acids is 1. The molecular weight excluding hydrogens is 1690 g/mol. The van der Waals surface area contributed by atoms with Crippen LogP contribution in [0.5, 0.6) is 0 Å². The van der Waals surface area contributed by atoms with Crippen molar-refractivity contribution in [2.24, 2.45) is 0 Å². The maximum atomic E-state index is 12.1. The van der Waals surface area contributed by atoms with Gasteiger partial charge < -0.3 is 63.0 Å². The van der Waals surface area contributed by atoms with Gasteiger partial charge in [-0.25, -0.2) is 29.3 Å². The summed E-state index contributed by atoms with van der Waals surface area (Å²) >= 11 is 48.8. The summed E-state index contributed by atoms with van der Waals surface area (Å²) in [5, 5.41) is 30.6. The number of hydrogen-bond donors (Lipinski definition) is 2. The molecule has 0 spiro atoms. The molecule has 115 heavy (non-hydrogen) atoms. The molecule has 12 aromatic rings. The molecule has 0 radical (unpaired) electrons. The molecule has 3 aliphatic rings. The number of aromatic nitrogens is 6. The first-order chi connectivity index (χ1) is 54.4. The number of carbonyl (C=O) groups excluding carboxylic acids is 2. The molecule has 0 aliphatic carbocycles. The average molecular weight is 1770 g/mol. The van der Waals surface area contributed by atoms with Crippen molar-refractivity contribution in [3.05, 3.63) is 194 Å². The number of carbonyl (C=O) groups is 3. The van der Waals surface area contributed by atoms with E-state index >= 15 is 0 Å². The topological polar surface area (TPSA) is 283 Å². The summed E-state index contributed by atoms with van der Waals surface area (Å²) in [7, 11) is 0. The van der Waals surface area contributed by atoms with Gasteiger partial charge in [0, 0.05) is 77.3 Å². The standard InChI is InChI=1S/C28H29Cl2N3O4S.C26H25Cl2N3O4S.C18H22Cl2N2O2.C10H8ClNO2S.Na.H2O/c1-4-35-27(34)17-8-9-22-23(14-17)38-28(31-22)33-12-10-18(11-13-33)36-15-19-25(32-37-26(19)16(2)3)24-20(29)6-5-7-21(24)30;1-14(2)24-17(23(30-35-24)22-18(27)4-3-5-19(22)28)13-34-16-8-10-31(11-9-16)26-29-20-7-6-15(25(32)33)12-21(20)36-26;1-11(2)18-13(10-23-12-6-8-21-9-7-12)17(22-24-18)16-14(19)4-3-5-15(16)20;1-2-14-9(13)6-3-4-7-8(5-6)15-10(11)12-7;;/h5-9,14,16,18H,4,10-13,15H2,1-3H3;3-7,12,14,16H,8-11,13H2,1-2H3,(H,32,33);3-5,11-12,21H,6-10H2,1-2H3;3-5H,2H2,1H3;;1H2/q;;;;+1;/p-1. The summed E-state index contributed by atoms with van der Waals surface area (Å²) in [5.41, 5.74) is 10.6. The summed E-state index contributed by atoms with van der Waals surface area (Å²) in [6.07, 6.45) is 5.91. The van der Waals surface area contributed by atoms with Crippen LogP contribution in [0.3, 0.4) is 0 Å². The van der Waals surface area contributed by atoms with Crippen LogP contribution in [-0.2, 0) is 43.5 Å². The monoisotopic (exact) mass is 1770 g/mol. The molecule has 15 rings (SSSR count). The number of hydrogen-bond acceptors (Lipinski definition) is 24. The second-order valence-corrected chi connectivity index (χ2v) is 34.0. The molecule has 3 N–H and O–H groups in total. The number of ether oxygens (including phenoxy) is 5. The Bertz CT molecular complexity index is 5240. The number of halogens is 7. The van der Waals surface area contributed by atoms with Crippen LogP contribution < -0.4 is 44.7 Å². The third-order valence-corrected chi connectivity index (χ3v) is 24.3. The molecule has 0 amide bonds. The Morgan fingerprint density at radius 1 is 0.470 bits per heavy atom. The van der Waals surface area contributed by atoms with Gasteiger partial charge in [-0.05, 0) is 156 Å². The number of piperidine rings is 3. The van der Waals surface area contributed by atoms with Crippen molar-refractivity contribution in [2.45, 2.75) is 150 Å². The number of carboxylic acids is 1. The van der Waals surface area contributed by atoms with Crippen molar-refractivity contribution in [3.63, 3.8) is 0 Å². The number of carboxylic acid groups (broad SMARTS) is 1. The third-order valence-electron chi connectivity index (χ3n) is 19.1. The molecule has 9 heterocycles. The van der Waals surface area contributed by atoms with Gasteiger partial charge in [-0.15, -0.1) is 11.3 Å². The number of fused-ring (bicyclic) bond motifs is 3. The Morgan fingerprint density at radius 3 is 1.11 bits per heavy atom. The molecule has 3 fully saturated rings. The Labute approximate surface area is 735 Å². The first-order valence-electron chi connectivity index (χ1n) is 37.2. The van der Waals surface area contributed by atoms with Crippen LogP contribution in [0.1, 0.15) is 177 Å². The predicted molar refractivity (Wildman–Crippen MR) is 454 cm³/mol. The summed E-state index contributed by atoms with van der Waals surface area (Å²) < 4.78 is 49.1. The van der Waals surface area contributed by atoms with Crippen LogP contribution in [0.25, 0.3) is 64.4 Å². The molecule has 22 nitrogen and oxygen atoms in total. The number of rotatable bonds is 22. The molecule has 0 unspecified atom stereocenters. The predicted octanol–water partition coefficient (Wildman–Crippen LogP) is 20.0. The second kappa shape index (κ2) is 42.4. The fraction of sp³-hybridized carbons (Fsp3) is 0.378. The van der Waals surface area contributed by atoms with Crippen LogP contribution in [0, 0.1) is 0 Å². The van der Waals surface area contributed by atoms with E-state index in [1.54, 1.807) is 98.0 Å². The molecular formula is C82H85Cl7N9NaO13S3. The normalized spacial score (nSPS) is 14.1. The minimum Gasteiger partial charge on any atom is -0.870 e. The number of esters is 2. The van der Waals surface area contributed by atoms with Gasteiger partial charge in [0.25, 0.3) is 0 Å². The molecule has 604 valence electrons. The minimum absolute atomic E-state index is 0. The summed E-state index contributed by atoms with van der Waals surface area (Å²) in [5.74, 6) is 1.31. The summed E-state index contributed by atoms with van der Waals surface area (Å²) in [4.78, 5) is 52.9. The van der Waals surface area contributed by atoms with E-state index in [0.717, 1.165) is 153 Å². The zero-order chi connectivity index (χ0) is 80.1. The average Bonchev–Trinajstić information content (AvgIpc) is 1.68. The smallest absolute Gasteiger partial charge is 0.870 e. The van der Waals surface area contributed by atoms with Crippen LogP contribution in [0.4, 0.5) is 10.3 Å². The molecule has 0 atom stereocenters. The third kappa shape index (κ3) is 22.5. The van der Waals surface area contributed by atoms with E-state index < -0.39 is 5.97 Å². The fourth-order valence-corrected chi connectivity index (χ4v) is 18.2. The van der Waals surface area contributed by atoms with Crippen molar-refractivity contribution in [1.82, 2.24) is 35.7 Å². The molecule has 0 saturated carbocycles. The maximum absolute atomic E-state index is 12.1. The molecule has 0 bridgehead atoms. The van der Waals surface area contributed by atoms with E-state index in [1.807, 2.05) is 36.4 Å². The SMILES string of the molecule is CC(C)c1onc(-c2c(Cl)cccc2Cl)c1COC1CCN(c2nc3ccc(C(=O)O)cc3s2)CC1.CC(C)c1onc(-c2c(Cl)cccc2Cl)c1COC1CCNCC1.CCOC(=O)c1ccc2nc(Cl)sc2c1.CCOC(=O)c1ccc2nc(N3CCC(OCc4c(-c5c(Cl)cccc5Cl)noc4C(C)C)CC3)sc2c1.[Na+].[OH-]. The van der Waals surface area contributed by atoms with E-state index in [-0.39, 0.29) is 88.6 Å². The van der Waals surface area contributed by atoms with Crippen LogP contribution in [-0.4, -0.2) is 130 Å². The van der Waals surface area contributed by atoms with Gasteiger partial charge in [0.05, 0.1) is 129 Å². The van der Waals surface area contributed by atoms with Gasteiger partial charge in [-0.1, -0.05) is 179 Å². The van der Waals surface area contributed by atoms with Crippen LogP contribution >= 0.6 is 115 Å². The van der Waals surface area contributed by atoms with Crippen molar-refractivity contribution < 1.29 is 91.8 Å². The van der Waals surface area contributed by atoms with Crippen molar-refractivity contribution in [2.75, 3.05) is 62.3 Å². The molecule has 33 heteroatoms. The van der Waals surface area contributed by atoms with E-state index in [0.29, 0.717) is 113 Å². The van der Waals surface area contributed by atoms with E-state index in [2.05, 4.69) is 77.1 Å². The first-order valence-corrected chi connectivity index (χ1v) is 42.3. The maximum Gasteiger partial charge on any atom is 1.00 e. The Morgan fingerprint density at radius 2 is 0.783 bits per heavy atom. The van der Waals surface area contributed by atoms with Crippen LogP contribution in [0.2, 0.25) is 34.6 Å². The van der Waals surface area contributed by atoms with E-state index in [4.69, 9.17) is 128 Å². The zero-order valence-electron chi connectivity index (χ0n) is 64.7. The number of nitrogens with zero attached hydrogens (tertiary/aromatic N) is 8. The Hall–Kier alpha value is -6.54. The summed E-state index contributed by atoms with van der Waals surface area (Å²) in [6.45, 7) is 23.1. The largest absolute Gasteiger partial charge is 1.00 e. The van der Waals surface area contributed by atoms with Gasteiger partial charge in [0.2, 0.25) is 0 Å². The first kappa shape index (κ1) is 90.8. The van der Waals surface area contributed by atoms with E-state index in [9.17, 15) is 19.5 Å². The van der Waals surface area contributed by atoms with Crippen molar-refractivity contribution in [1.29, 1.82) is 0 Å². The molecule has 6 aromatic heterocycles.